The maximum atomic E-state index is 10.8. The van der Waals surface area contributed by atoms with Crippen LogP contribution < -0.4 is 4.74 Å². The number of nitrogens with zero attached hydrogens (tertiary/aromatic N) is 4. The Morgan fingerprint density at radius 2 is 1.93 bits per heavy atom. The van der Waals surface area contributed by atoms with E-state index < -0.39 is 4.92 Å². The average molecular weight is 384 g/mol. The van der Waals surface area contributed by atoms with Crippen molar-refractivity contribution in [3.63, 3.8) is 0 Å². The molecule has 0 spiro atoms. The predicted molar refractivity (Wildman–Crippen MR) is 107 cm³/mol. The molecule has 0 aliphatic rings. The topological polar surface area (TPSA) is 90.0 Å². The van der Waals surface area contributed by atoms with Crippen LogP contribution in [0.2, 0.25) is 0 Å². The highest BCUT2D eigenvalue weighted by atomic mass is 32.1. The molecule has 1 heterocycles. The van der Waals surface area contributed by atoms with Gasteiger partial charge in [0.2, 0.25) is 5.13 Å². The molecule has 0 aliphatic heterocycles. The Kier molecular flexibility index (Phi) is 6.43. The molecule has 0 radical (unpaired) electrons. The van der Waals surface area contributed by atoms with E-state index in [4.69, 9.17) is 4.74 Å². The summed E-state index contributed by atoms with van der Waals surface area (Å²) in [5.74, 6) is 0.817. The standard InChI is InChI=1S/C19H20N4O3S/c1-2-3-4-5-12-26-16-9-6-14(7-10-16)21-22-19-20-17-11-8-15(23(24)25)13-18(17)27-19/h6-11,13H,2-5,12H2,1H3. The van der Waals surface area contributed by atoms with Gasteiger partial charge in [0.1, 0.15) is 5.75 Å². The van der Waals surface area contributed by atoms with E-state index >= 15 is 0 Å². The monoisotopic (exact) mass is 384 g/mol. The summed E-state index contributed by atoms with van der Waals surface area (Å²) in [5.41, 5.74) is 1.41. The van der Waals surface area contributed by atoms with Crippen LogP contribution in [-0.2, 0) is 0 Å². The van der Waals surface area contributed by atoms with Crippen LogP contribution in [0.15, 0.2) is 52.7 Å². The Morgan fingerprint density at radius 1 is 1.11 bits per heavy atom. The van der Waals surface area contributed by atoms with Crippen molar-refractivity contribution in [1.82, 2.24) is 4.98 Å². The summed E-state index contributed by atoms with van der Waals surface area (Å²) in [4.78, 5) is 14.7. The smallest absolute Gasteiger partial charge is 0.270 e. The van der Waals surface area contributed by atoms with Crippen molar-refractivity contribution in [2.45, 2.75) is 32.6 Å². The van der Waals surface area contributed by atoms with Gasteiger partial charge in [-0.1, -0.05) is 37.5 Å². The number of hydrogen-bond donors (Lipinski definition) is 0. The quantitative estimate of drug-likeness (QED) is 0.180. The highest BCUT2D eigenvalue weighted by molar-refractivity contribution is 7.21. The van der Waals surface area contributed by atoms with E-state index in [-0.39, 0.29) is 5.69 Å². The lowest BCUT2D eigenvalue weighted by Gasteiger charge is -2.05. The molecule has 1 aromatic heterocycles. The lowest BCUT2D eigenvalue weighted by atomic mass is 10.2. The van der Waals surface area contributed by atoms with Gasteiger partial charge in [-0.2, -0.15) is 0 Å². The molecule has 7 nitrogen and oxygen atoms in total. The largest absolute Gasteiger partial charge is 0.494 e. The second kappa shape index (κ2) is 9.18. The van der Waals surface area contributed by atoms with Crippen molar-refractivity contribution in [1.29, 1.82) is 0 Å². The lowest BCUT2D eigenvalue weighted by molar-refractivity contribution is -0.384. The zero-order valence-electron chi connectivity index (χ0n) is 15.0. The second-order valence-electron chi connectivity index (χ2n) is 6.01. The number of thiazole rings is 1. The van der Waals surface area contributed by atoms with Crippen LogP contribution in [-0.4, -0.2) is 16.5 Å². The first-order valence-corrected chi connectivity index (χ1v) is 9.67. The maximum absolute atomic E-state index is 10.8. The molecule has 0 atom stereocenters. The Hall–Kier alpha value is -2.87. The Morgan fingerprint density at radius 3 is 2.67 bits per heavy atom. The Balaban J connectivity index is 1.60. The number of aromatic nitrogens is 1. The first-order valence-electron chi connectivity index (χ1n) is 8.85. The van der Waals surface area contributed by atoms with E-state index in [0.717, 1.165) is 18.8 Å². The van der Waals surface area contributed by atoms with Crippen molar-refractivity contribution in [2.24, 2.45) is 10.2 Å². The van der Waals surface area contributed by atoms with Crippen LogP contribution in [0.4, 0.5) is 16.5 Å². The third-order valence-electron chi connectivity index (χ3n) is 3.93. The molecule has 0 bridgehead atoms. The zero-order chi connectivity index (χ0) is 19.1. The summed E-state index contributed by atoms with van der Waals surface area (Å²) >= 11 is 1.27. The molecule has 3 rings (SSSR count). The van der Waals surface area contributed by atoms with Crippen LogP contribution in [0.25, 0.3) is 10.2 Å². The molecule has 0 fully saturated rings. The lowest BCUT2D eigenvalue weighted by Crippen LogP contribution is -1.96. The zero-order valence-corrected chi connectivity index (χ0v) is 15.8. The van der Waals surface area contributed by atoms with Crippen molar-refractivity contribution in [3.8, 4) is 5.75 Å². The van der Waals surface area contributed by atoms with Gasteiger partial charge in [-0.25, -0.2) is 4.98 Å². The van der Waals surface area contributed by atoms with E-state index in [1.807, 2.05) is 24.3 Å². The molecule has 0 aliphatic carbocycles. The van der Waals surface area contributed by atoms with Crippen LogP contribution in [0.3, 0.4) is 0 Å². The molecule has 2 aromatic carbocycles. The number of non-ortho nitro benzene ring substituents is 1. The van der Waals surface area contributed by atoms with E-state index in [2.05, 4.69) is 22.1 Å². The van der Waals surface area contributed by atoms with Crippen LogP contribution in [0.5, 0.6) is 5.75 Å². The van der Waals surface area contributed by atoms with Crippen LogP contribution >= 0.6 is 11.3 Å². The summed E-state index contributed by atoms with van der Waals surface area (Å²) in [5, 5.41) is 19.6. The molecule has 0 amide bonds. The highest BCUT2D eigenvalue weighted by Crippen LogP contribution is 2.32. The molecule has 0 unspecified atom stereocenters. The molecular weight excluding hydrogens is 364 g/mol. The number of nitro groups is 1. The van der Waals surface area contributed by atoms with E-state index in [9.17, 15) is 10.1 Å². The molecule has 0 N–H and O–H groups in total. The third kappa shape index (κ3) is 5.30. The van der Waals surface area contributed by atoms with Gasteiger partial charge in [0.15, 0.2) is 0 Å². The molecule has 27 heavy (non-hydrogen) atoms. The van der Waals surface area contributed by atoms with Crippen molar-refractivity contribution in [3.05, 3.63) is 52.6 Å². The summed E-state index contributed by atoms with van der Waals surface area (Å²) in [6.07, 6.45) is 4.70. The van der Waals surface area contributed by atoms with Gasteiger partial charge < -0.3 is 4.74 Å². The summed E-state index contributed by atoms with van der Waals surface area (Å²) in [7, 11) is 0. The van der Waals surface area contributed by atoms with Gasteiger partial charge in [-0.3, -0.25) is 10.1 Å². The summed E-state index contributed by atoms with van der Waals surface area (Å²) in [6.45, 7) is 2.91. The van der Waals surface area contributed by atoms with Gasteiger partial charge in [0.05, 0.1) is 27.4 Å². The fourth-order valence-electron chi connectivity index (χ4n) is 2.49. The number of unbranched alkanes of at least 4 members (excludes halogenated alkanes) is 3. The first kappa shape index (κ1) is 18.9. The number of rotatable bonds is 9. The molecule has 3 aromatic rings. The second-order valence-corrected chi connectivity index (χ2v) is 7.02. The minimum Gasteiger partial charge on any atom is -0.494 e. The molecule has 0 saturated carbocycles. The van der Waals surface area contributed by atoms with E-state index in [0.29, 0.717) is 21.0 Å². The molecule has 8 heteroatoms. The number of ether oxygens (including phenoxy) is 1. The fraction of sp³-hybridized carbons (Fsp3) is 0.316. The molecule has 140 valence electrons. The van der Waals surface area contributed by atoms with Crippen molar-refractivity contribution >= 4 is 38.1 Å². The van der Waals surface area contributed by atoms with Crippen molar-refractivity contribution in [2.75, 3.05) is 6.61 Å². The Bertz CT molecular complexity index is 938. The Labute approximate surface area is 160 Å². The normalized spacial score (nSPS) is 11.3. The molecule has 0 saturated heterocycles. The molecular formula is C19H20N4O3S. The summed E-state index contributed by atoms with van der Waals surface area (Å²) < 4.78 is 6.42. The van der Waals surface area contributed by atoms with E-state index in [1.54, 1.807) is 6.07 Å². The van der Waals surface area contributed by atoms with Crippen molar-refractivity contribution < 1.29 is 9.66 Å². The van der Waals surface area contributed by atoms with Gasteiger partial charge in [-0.15, -0.1) is 10.2 Å². The SMILES string of the molecule is CCCCCCOc1ccc(N=Nc2nc3ccc([N+](=O)[O-])cc3s2)cc1. The van der Waals surface area contributed by atoms with Crippen LogP contribution in [0, 0.1) is 10.1 Å². The summed E-state index contributed by atoms with van der Waals surface area (Å²) in [6, 6.07) is 12.0. The third-order valence-corrected chi connectivity index (χ3v) is 4.83. The minimum absolute atomic E-state index is 0.0416. The number of hydrogen-bond acceptors (Lipinski definition) is 7. The average Bonchev–Trinajstić information content (AvgIpc) is 3.09. The highest BCUT2D eigenvalue weighted by Gasteiger charge is 2.10. The van der Waals surface area contributed by atoms with Gasteiger partial charge in [-0.05, 0) is 36.8 Å². The van der Waals surface area contributed by atoms with Gasteiger partial charge in [0, 0.05) is 12.1 Å². The maximum Gasteiger partial charge on any atom is 0.270 e. The number of azo groups is 1. The number of nitro benzene ring substituents is 1. The number of benzene rings is 2. The predicted octanol–water partition coefficient (Wildman–Crippen LogP) is 6.58. The van der Waals surface area contributed by atoms with Gasteiger partial charge in [0.25, 0.3) is 5.69 Å². The van der Waals surface area contributed by atoms with Gasteiger partial charge >= 0.3 is 0 Å². The minimum atomic E-state index is -0.423. The van der Waals surface area contributed by atoms with E-state index in [1.165, 1.54) is 42.7 Å². The first-order chi connectivity index (χ1) is 13.2. The fourth-order valence-corrected chi connectivity index (χ4v) is 3.31. The van der Waals surface area contributed by atoms with Crippen LogP contribution in [0.1, 0.15) is 32.6 Å². The number of fused-ring (bicyclic) bond motifs is 1.